The molecule has 0 spiro atoms. The van der Waals surface area contributed by atoms with Gasteiger partial charge in [0, 0.05) is 14.1 Å². The third kappa shape index (κ3) is 3.78. The van der Waals surface area contributed by atoms with Crippen molar-refractivity contribution in [1.82, 2.24) is 10.2 Å². The monoisotopic (exact) mass is 132 g/mol. The summed E-state index contributed by atoms with van der Waals surface area (Å²) in [7, 11) is 3.22. The first kappa shape index (κ1) is 8.23. The molecular formula is C5H12N2O2. The van der Waals surface area contributed by atoms with Crippen molar-refractivity contribution >= 4 is 6.03 Å². The van der Waals surface area contributed by atoms with Gasteiger partial charge in [0.2, 0.25) is 0 Å². The van der Waals surface area contributed by atoms with Gasteiger partial charge in [-0.15, -0.1) is 0 Å². The molecule has 0 bridgehead atoms. The number of carbonyl (C=O) groups excluding carboxylic acids is 1. The molecule has 0 aliphatic rings. The van der Waals surface area contributed by atoms with Gasteiger partial charge in [0.05, 0.1) is 0 Å². The van der Waals surface area contributed by atoms with E-state index >= 15 is 0 Å². The van der Waals surface area contributed by atoms with Crippen LogP contribution in [0.3, 0.4) is 0 Å². The number of nitrogens with zero attached hydrogens (tertiary/aromatic N) is 1. The predicted molar refractivity (Wildman–Crippen MR) is 33.9 cm³/mol. The van der Waals surface area contributed by atoms with Gasteiger partial charge in [0.15, 0.2) is 0 Å². The lowest BCUT2D eigenvalue weighted by Crippen LogP contribution is -2.39. The number of hydrogen-bond donors (Lipinski definition) is 2. The number of urea groups is 1. The highest BCUT2D eigenvalue weighted by molar-refractivity contribution is 5.73. The average molecular weight is 132 g/mol. The first-order valence-corrected chi connectivity index (χ1v) is 2.70. The summed E-state index contributed by atoms with van der Waals surface area (Å²) in [6.07, 6.45) is -0.778. The molecule has 1 atom stereocenters. The van der Waals surface area contributed by atoms with E-state index in [9.17, 15) is 4.79 Å². The summed E-state index contributed by atoms with van der Waals surface area (Å²) in [5, 5.41) is 10.9. The molecule has 1 unspecified atom stereocenters. The van der Waals surface area contributed by atoms with Crippen LogP contribution in [0.2, 0.25) is 0 Å². The highest BCUT2D eigenvalue weighted by atomic mass is 16.3. The number of nitrogens with one attached hydrogen (secondary N) is 1. The predicted octanol–water partition coefficient (Wildman–Crippen LogP) is -0.404. The maximum atomic E-state index is 10.6. The zero-order chi connectivity index (χ0) is 7.44. The molecule has 0 heterocycles. The van der Waals surface area contributed by atoms with E-state index in [4.69, 9.17) is 5.11 Å². The van der Waals surface area contributed by atoms with Gasteiger partial charge in [-0.1, -0.05) is 0 Å². The fourth-order valence-electron chi connectivity index (χ4n) is 0.308. The van der Waals surface area contributed by atoms with Gasteiger partial charge in [-0.25, -0.2) is 4.79 Å². The molecule has 0 fully saturated rings. The number of aliphatic hydroxyl groups is 1. The third-order valence-electron chi connectivity index (χ3n) is 0.739. The average Bonchev–Trinajstić information content (AvgIpc) is 1.63. The second-order valence-electron chi connectivity index (χ2n) is 2.02. The number of amides is 2. The van der Waals surface area contributed by atoms with Crippen LogP contribution in [0.25, 0.3) is 0 Å². The van der Waals surface area contributed by atoms with Crippen molar-refractivity contribution in [3.05, 3.63) is 0 Å². The molecule has 0 aromatic carbocycles. The highest BCUT2D eigenvalue weighted by Crippen LogP contribution is 1.78. The lowest BCUT2D eigenvalue weighted by atomic mass is 10.6. The summed E-state index contributed by atoms with van der Waals surface area (Å²) in [6.45, 7) is 1.49. The standard InChI is InChI=1S/C5H12N2O2/c1-4(8)6-5(9)7(2)3/h4,8H,1-3H3,(H,6,9). The maximum Gasteiger partial charge on any atom is 0.318 e. The Balaban J connectivity index is 3.51. The van der Waals surface area contributed by atoms with E-state index in [2.05, 4.69) is 5.32 Å². The van der Waals surface area contributed by atoms with Crippen molar-refractivity contribution in [1.29, 1.82) is 0 Å². The quantitative estimate of drug-likeness (QED) is 0.477. The smallest absolute Gasteiger partial charge is 0.318 e. The Hall–Kier alpha value is -0.770. The van der Waals surface area contributed by atoms with Crippen LogP contribution in [-0.4, -0.2) is 36.4 Å². The number of rotatable bonds is 1. The Morgan fingerprint density at radius 2 is 2.11 bits per heavy atom. The van der Waals surface area contributed by atoms with Crippen molar-refractivity contribution < 1.29 is 9.90 Å². The van der Waals surface area contributed by atoms with E-state index in [0.29, 0.717) is 0 Å². The lowest BCUT2D eigenvalue weighted by Gasteiger charge is -2.13. The van der Waals surface area contributed by atoms with Crippen molar-refractivity contribution in [2.75, 3.05) is 14.1 Å². The molecule has 4 heteroatoms. The summed E-state index contributed by atoms with van der Waals surface area (Å²) in [6, 6.07) is -0.287. The van der Waals surface area contributed by atoms with Gasteiger partial charge in [-0.3, -0.25) is 0 Å². The minimum atomic E-state index is -0.778. The summed E-state index contributed by atoms with van der Waals surface area (Å²) in [4.78, 5) is 12.0. The van der Waals surface area contributed by atoms with Gasteiger partial charge >= 0.3 is 6.03 Å². The van der Waals surface area contributed by atoms with Crippen LogP contribution in [-0.2, 0) is 0 Å². The molecule has 0 saturated carbocycles. The molecule has 54 valence electrons. The van der Waals surface area contributed by atoms with Gasteiger partial charge in [-0.2, -0.15) is 0 Å². The summed E-state index contributed by atoms with van der Waals surface area (Å²) in [5.74, 6) is 0. The highest BCUT2D eigenvalue weighted by Gasteiger charge is 2.03. The van der Waals surface area contributed by atoms with Gasteiger partial charge in [0.1, 0.15) is 6.23 Å². The number of carbonyl (C=O) groups is 1. The normalized spacial score (nSPS) is 12.4. The molecule has 0 aromatic rings. The molecule has 2 amide bonds. The van der Waals surface area contributed by atoms with Crippen LogP contribution in [0.4, 0.5) is 4.79 Å². The Morgan fingerprint density at radius 3 is 2.22 bits per heavy atom. The lowest BCUT2D eigenvalue weighted by molar-refractivity contribution is 0.146. The molecular weight excluding hydrogens is 120 g/mol. The van der Waals surface area contributed by atoms with Gasteiger partial charge < -0.3 is 15.3 Å². The molecule has 4 nitrogen and oxygen atoms in total. The molecule has 0 rings (SSSR count). The minimum Gasteiger partial charge on any atom is -0.374 e. The largest absolute Gasteiger partial charge is 0.374 e. The number of aliphatic hydroxyl groups excluding tert-OH is 1. The molecule has 0 aromatic heterocycles. The Bertz CT molecular complexity index is 101. The first-order chi connectivity index (χ1) is 4.04. The topological polar surface area (TPSA) is 52.6 Å². The fourth-order valence-corrected chi connectivity index (χ4v) is 0.308. The minimum absolute atomic E-state index is 0.287. The van der Waals surface area contributed by atoms with E-state index in [1.54, 1.807) is 14.1 Å². The van der Waals surface area contributed by atoms with Crippen LogP contribution >= 0.6 is 0 Å². The molecule has 0 aliphatic heterocycles. The fraction of sp³-hybridized carbons (Fsp3) is 0.800. The van der Waals surface area contributed by atoms with E-state index < -0.39 is 6.23 Å². The Morgan fingerprint density at radius 1 is 1.67 bits per heavy atom. The SMILES string of the molecule is CC(O)NC(=O)N(C)C. The number of hydrogen-bond acceptors (Lipinski definition) is 2. The summed E-state index contributed by atoms with van der Waals surface area (Å²) >= 11 is 0. The van der Waals surface area contributed by atoms with E-state index in [-0.39, 0.29) is 6.03 Å². The van der Waals surface area contributed by atoms with Crippen LogP contribution < -0.4 is 5.32 Å². The third-order valence-corrected chi connectivity index (χ3v) is 0.739. The van der Waals surface area contributed by atoms with Crippen LogP contribution in [0.1, 0.15) is 6.92 Å². The van der Waals surface area contributed by atoms with E-state index in [0.717, 1.165) is 0 Å². The van der Waals surface area contributed by atoms with E-state index in [1.165, 1.54) is 11.8 Å². The molecule has 0 aliphatic carbocycles. The molecule has 0 saturated heterocycles. The van der Waals surface area contributed by atoms with Crippen LogP contribution in [0, 0.1) is 0 Å². The zero-order valence-corrected chi connectivity index (χ0v) is 5.88. The first-order valence-electron chi connectivity index (χ1n) is 2.70. The van der Waals surface area contributed by atoms with Crippen molar-refractivity contribution in [2.45, 2.75) is 13.2 Å². The van der Waals surface area contributed by atoms with E-state index in [1.807, 2.05) is 0 Å². The van der Waals surface area contributed by atoms with Crippen molar-refractivity contribution in [3.8, 4) is 0 Å². The van der Waals surface area contributed by atoms with Crippen LogP contribution in [0.15, 0.2) is 0 Å². The van der Waals surface area contributed by atoms with Crippen LogP contribution in [0.5, 0.6) is 0 Å². The Labute approximate surface area is 54.5 Å². The molecule has 2 N–H and O–H groups in total. The second-order valence-corrected chi connectivity index (χ2v) is 2.02. The van der Waals surface area contributed by atoms with Crippen molar-refractivity contribution in [2.24, 2.45) is 0 Å². The molecule has 9 heavy (non-hydrogen) atoms. The second kappa shape index (κ2) is 3.29. The zero-order valence-electron chi connectivity index (χ0n) is 5.88. The summed E-state index contributed by atoms with van der Waals surface area (Å²) < 4.78 is 0. The van der Waals surface area contributed by atoms with Gasteiger partial charge in [-0.05, 0) is 6.92 Å². The Kier molecular flexibility index (Phi) is 3.01. The maximum absolute atomic E-state index is 10.6. The molecule has 0 radical (unpaired) electrons. The van der Waals surface area contributed by atoms with Gasteiger partial charge in [0.25, 0.3) is 0 Å². The summed E-state index contributed by atoms with van der Waals surface area (Å²) in [5.41, 5.74) is 0. The van der Waals surface area contributed by atoms with Crippen molar-refractivity contribution in [3.63, 3.8) is 0 Å².